The van der Waals surface area contributed by atoms with E-state index in [1.807, 2.05) is 6.92 Å². The lowest BCUT2D eigenvalue weighted by Crippen LogP contribution is -2.43. The van der Waals surface area contributed by atoms with Crippen molar-refractivity contribution >= 4 is 23.3 Å². The van der Waals surface area contributed by atoms with Gasteiger partial charge in [-0.3, -0.25) is 0 Å². The number of nitrogens with one attached hydrogen (secondary N) is 2. The number of rotatable bonds is 3. The molecule has 1 aliphatic heterocycles. The van der Waals surface area contributed by atoms with Crippen LogP contribution >= 0.6 is 11.5 Å². The smallest absolute Gasteiger partial charge is 0.319 e. The molecule has 7 heteroatoms. The maximum absolute atomic E-state index is 11.6. The van der Waals surface area contributed by atoms with Gasteiger partial charge in [0.2, 0.25) is 0 Å². The molecular weight excluding hydrogens is 242 g/mol. The summed E-state index contributed by atoms with van der Waals surface area (Å²) < 4.78 is 14.8. The maximum Gasteiger partial charge on any atom is 0.319 e. The predicted octanol–water partition coefficient (Wildman–Crippen LogP) is 1.34. The number of ether oxygens (including phenoxy) is 2. The van der Waals surface area contributed by atoms with Gasteiger partial charge in [-0.2, -0.15) is 4.37 Å². The fourth-order valence-electron chi connectivity index (χ4n) is 1.48. The predicted molar refractivity (Wildman–Crippen MR) is 64.2 cm³/mol. The number of carbonyl (C=O) groups is 1. The summed E-state index contributed by atoms with van der Waals surface area (Å²) in [6, 6.07) is -0.284. The van der Waals surface area contributed by atoms with Crippen LogP contribution in [0.15, 0.2) is 5.38 Å². The monoisotopic (exact) mass is 257 g/mol. The normalized spacial score (nSPS) is 18.0. The van der Waals surface area contributed by atoms with Crippen LogP contribution in [0.5, 0.6) is 0 Å². The number of nitrogens with zero attached hydrogens (tertiary/aromatic N) is 1. The number of carbonyl (C=O) groups excluding carboxylic acids is 1. The van der Waals surface area contributed by atoms with Gasteiger partial charge < -0.3 is 20.1 Å². The summed E-state index contributed by atoms with van der Waals surface area (Å²) in [7, 11) is 0. The molecule has 17 heavy (non-hydrogen) atoms. The highest BCUT2D eigenvalue weighted by atomic mass is 32.1. The number of hydrogen-bond donors (Lipinski definition) is 2. The minimum Gasteiger partial charge on any atom is -0.346 e. The lowest BCUT2D eigenvalue weighted by Gasteiger charge is -2.22. The van der Waals surface area contributed by atoms with Gasteiger partial charge in [0, 0.05) is 5.38 Å². The number of aryl methyl sites for hydroxylation is 1. The van der Waals surface area contributed by atoms with Crippen LogP contribution in [0.4, 0.5) is 10.5 Å². The first kappa shape index (κ1) is 12.3. The van der Waals surface area contributed by atoms with Crippen molar-refractivity contribution in [3.63, 3.8) is 0 Å². The summed E-state index contributed by atoms with van der Waals surface area (Å²) in [5.74, 6) is -0.709. The summed E-state index contributed by atoms with van der Waals surface area (Å²) in [4.78, 5) is 11.6. The van der Waals surface area contributed by atoms with Crippen LogP contribution in [0.2, 0.25) is 0 Å². The number of amides is 2. The summed E-state index contributed by atoms with van der Waals surface area (Å²) >= 11 is 1.31. The molecule has 2 heterocycles. The summed E-state index contributed by atoms with van der Waals surface area (Å²) in [5, 5.41) is 7.22. The summed E-state index contributed by atoms with van der Waals surface area (Å²) in [6.07, 6.45) is 0. The van der Waals surface area contributed by atoms with Crippen molar-refractivity contribution < 1.29 is 14.3 Å². The fourth-order valence-corrected chi connectivity index (χ4v) is 2.12. The Morgan fingerprint density at radius 1 is 1.59 bits per heavy atom. The van der Waals surface area contributed by atoms with Gasteiger partial charge in [-0.15, -0.1) is 0 Å². The van der Waals surface area contributed by atoms with Crippen molar-refractivity contribution in [1.29, 1.82) is 0 Å². The quantitative estimate of drug-likeness (QED) is 0.857. The van der Waals surface area contributed by atoms with E-state index in [0.717, 1.165) is 11.4 Å². The number of anilines is 1. The molecule has 2 rings (SSSR count). The van der Waals surface area contributed by atoms with Crippen LogP contribution in [0.25, 0.3) is 0 Å². The molecule has 0 radical (unpaired) electrons. The van der Waals surface area contributed by atoms with Crippen molar-refractivity contribution in [3.05, 3.63) is 11.1 Å². The van der Waals surface area contributed by atoms with Crippen LogP contribution in [-0.2, 0) is 9.47 Å². The Balaban J connectivity index is 1.80. The van der Waals surface area contributed by atoms with E-state index in [2.05, 4.69) is 15.0 Å². The highest BCUT2D eigenvalue weighted by Gasteiger charge is 2.31. The second-order valence-corrected chi connectivity index (χ2v) is 4.58. The zero-order chi connectivity index (χ0) is 12.3. The molecule has 1 saturated heterocycles. The zero-order valence-corrected chi connectivity index (χ0v) is 10.6. The van der Waals surface area contributed by atoms with E-state index in [4.69, 9.17) is 9.47 Å². The van der Waals surface area contributed by atoms with E-state index in [9.17, 15) is 4.79 Å². The maximum atomic E-state index is 11.6. The lowest BCUT2D eigenvalue weighted by molar-refractivity contribution is -0.136. The average molecular weight is 257 g/mol. The van der Waals surface area contributed by atoms with Gasteiger partial charge in [0.25, 0.3) is 0 Å². The third kappa shape index (κ3) is 3.15. The standard InChI is InChI=1S/C10H15N3O3S/c1-7-8(5-17-13-7)12-9(14)11-6-10(2)15-3-4-16-10/h5H,3-4,6H2,1-2H3,(H2,11,12,14). The number of hydrogen-bond acceptors (Lipinski definition) is 5. The van der Waals surface area contributed by atoms with Crippen LogP contribution < -0.4 is 10.6 Å². The average Bonchev–Trinajstić information content (AvgIpc) is 2.87. The first-order valence-electron chi connectivity index (χ1n) is 5.33. The molecule has 1 fully saturated rings. The Hall–Kier alpha value is -1.18. The third-order valence-corrected chi connectivity index (χ3v) is 3.19. The van der Waals surface area contributed by atoms with Crippen molar-refractivity contribution in [2.45, 2.75) is 19.6 Å². The molecule has 94 valence electrons. The van der Waals surface area contributed by atoms with E-state index in [0.29, 0.717) is 19.8 Å². The van der Waals surface area contributed by atoms with E-state index in [1.165, 1.54) is 11.5 Å². The molecule has 0 spiro atoms. The van der Waals surface area contributed by atoms with Gasteiger partial charge in [-0.25, -0.2) is 4.79 Å². The second-order valence-electron chi connectivity index (χ2n) is 3.95. The van der Waals surface area contributed by atoms with Gasteiger partial charge in [-0.1, -0.05) is 0 Å². The molecule has 1 aromatic rings. The second kappa shape index (κ2) is 4.99. The Labute approximate surface area is 103 Å². The Morgan fingerprint density at radius 3 is 2.88 bits per heavy atom. The van der Waals surface area contributed by atoms with Crippen LogP contribution in [0.1, 0.15) is 12.6 Å². The number of urea groups is 1. The van der Waals surface area contributed by atoms with Crippen molar-refractivity contribution in [3.8, 4) is 0 Å². The topological polar surface area (TPSA) is 72.5 Å². The minimum atomic E-state index is -0.709. The van der Waals surface area contributed by atoms with E-state index in [-0.39, 0.29) is 6.03 Å². The van der Waals surface area contributed by atoms with Gasteiger partial charge in [0.15, 0.2) is 5.79 Å². The molecule has 1 aliphatic rings. The lowest BCUT2D eigenvalue weighted by atomic mass is 10.3. The molecule has 0 bridgehead atoms. The first-order valence-corrected chi connectivity index (χ1v) is 6.16. The first-order chi connectivity index (χ1) is 8.09. The molecule has 0 atom stereocenters. The summed E-state index contributed by atoms with van der Waals surface area (Å²) in [5.41, 5.74) is 1.54. The van der Waals surface area contributed by atoms with Crippen molar-refractivity contribution in [2.24, 2.45) is 0 Å². The highest BCUT2D eigenvalue weighted by Crippen LogP contribution is 2.17. The largest absolute Gasteiger partial charge is 0.346 e. The van der Waals surface area contributed by atoms with E-state index in [1.54, 1.807) is 12.3 Å². The number of aromatic nitrogens is 1. The molecular formula is C10H15N3O3S. The molecule has 0 aliphatic carbocycles. The van der Waals surface area contributed by atoms with Gasteiger partial charge >= 0.3 is 6.03 Å². The van der Waals surface area contributed by atoms with Gasteiger partial charge in [0.1, 0.15) is 0 Å². The Kier molecular flexibility index (Phi) is 3.60. The van der Waals surface area contributed by atoms with Crippen molar-refractivity contribution in [1.82, 2.24) is 9.69 Å². The molecule has 2 N–H and O–H groups in total. The Bertz CT molecular complexity index is 401. The fraction of sp³-hybridized carbons (Fsp3) is 0.600. The molecule has 0 unspecified atom stereocenters. The van der Waals surface area contributed by atoms with Crippen LogP contribution in [-0.4, -0.2) is 36.0 Å². The van der Waals surface area contributed by atoms with Crippen LogP contribution in [0, 0.1) is 6.92 Å². The highest BCUT2D eigenvalue weighted by molar-refractivity contribution is 7.04. The van der Waals surface area contributed by atoms with Crippen molar-refractivity contribution in [2.75, 3.05) is 25.1 Å². The van der Waals surface area contributed by atoms with E-state index < -0.39 is 5.79 Å². The SMILES string of the molecule is Cc1nscc1NC(=O)NCC1(C)OCCO1. The minimum absolute atomic E-state index is 0.284. The zero-order valence-electron chi connectivity index (χ0n) is 9.78. The molecule has 0 aromatic carbocycles. The van der Waals surface area contributed by atoms with Gasteiger partial charge in [-0.05, 0) is 25.4 Å². The molecule has 0 saturated carbocycles. The van der Waals surface area contributed by atoms with Crippen LogP contribution in [0.3, 0.4) is 0 Å². The summed E-state index contributed by atoms with van der Waals surface area (Å²) in [6.45, 7) is 5.09. The Morgan fingerprint density at radius 2 is 2.29 bits per heavy atom. The third-order valence-electron chi connectivity index (χ3n) is 2.47. The molecule has 2 amide bonds. The van der Waals surface area contributed by atoms with Gasteiger partial charge in [0.05, 0.1) is 31.1 Å². The molecule has 1 aromatic heterocycles. The molecule has 6 nitrogen and oxygen atoms in total. The van der Waals surface area contributed by atoms with E-state index >= 15 is 0 Å².